The number of carbonyl (C=O) groups excluding carboxylic acids is 2. The van der Waals surface area contributed by atoms with Gasteiger partial charge in [0.05, 0.1) is 12.2 Å². The summed E-state index contributed by atoms with van der Waals surface area (Å²) in [6.45, 7) is 2.04. The number of pyridine rings is 1. The second-order valence-corrected chi connectivity index (χ2v) is 5.62. The zero-order chi connectivity index (χ0) is 15.2. The molecule has 108 valence electrons. The third kappa shape index (κ3) is 4.35. The lowest BCUT2D eigenvalue weighted by Crippen LogP contribution is -2.10. The Kier molecular flexibility index (Phi) is 5.44. The molecule has 4 nitrogen and oxygen atoms in total. The second kappa shape index (κ2) is 7.31. The topological polar surface area (TPSA) is 56.3 Å². The average Bonchev–Trinajstić information content (AvgIpc) is 2.50. The molecular weight excluding hydrogens is 381 g/mol. The molecule has 1 aromatic heterocycles. The maximum absolute atomic E-state index is 12.2. The van der Waals surface area contributed by atoms with Gasteiger partial charge in [-0.2, -0.15) is 0 Å². The van der Waals surface area contributed by atoms with E-state index >= 15 is 0 Å². The van der Waals surface area contributed by atoms with Crippen molar-refractivity contribution >= 4 is 34.3 Å². The summed E-state index contributed by atoms with van der Waals surface area (Å²) in [4.78, 5) is 27.9. The minimum atomic E-state index is -0.441. The van der Waals surface area contributed by atoms with E-state index in [4.69, 9.17) is 4.74 Å². The fraction of sp³-hybridized carbons (Fsp3) is 0.188. The Morgan fingerprint density at radius 2 is 1.90 bits per heavy atom. The Balaban J connectivity index is 2.14. The van der Waals surface area contributed by atoms with Gasteiger partial charge < -0.3 is 4.74 Å². The van der Waals surface area contributed by atoms with E-state index in [2.05, 4.69) is 27.6 Å². The number of ketones is 1. The number of carbonyl (C=O) groups is 2. The number of hydrogen-bond donors (Lipinski definition) is 0. The molecule has 0 fully saturated rings. The lowest BCUT2D eigenvalue weighted by atomic mass is 10.1. The number of ether oxygens (including phenoxy) is 1. The first-order valence-corrected chi connectivity index (χ1v) is 7.59. The molecule has 0 atom stereocenters. The van der Waals surface area contributed by atoms with Crippen LogP contribution in [0.25, 0.3) is 0 Å². The molecule has 2 rings (SSSR count). The summed E-state index contributed by atoms with van der Waals surface area (Å²) < 4.78 is 6.03. The number of benzene rings is 1. The molecule has 0 spiro atoms. The third-order valence-corrected chi connectivity index (χ3v) is 3.55. The van der Waals surface area contributed by atoms with Crippen LogP contribution in [0.3, 0.4) is 0 Å². The highest BCUT2D eigenvalue weighted by Gasteiger charge is 2.13. The summed E-state index contributed by atoms with van der Waals surface area (Å²) in [5.74, 6) is -0.564. The van der Waals surface area contributed by atoms with Crippen molar-refractivity contribution in [2.75, 3.05) is 6.61 Å². The van der Waals surface area contributed by atoms with Crippen molar-refractivity contribution in [1.29, 1.82) is 0 Å². The van der Waals surface area contributed by atoms with Crippen LogP contribution in [0, 0.1) is 3.57 Å². The standard InChI is InChI=1S/C16H14INO3/c1-2-21-16(20)12-7-8-18-14(10-12)15(19)9-11-3-5-13(17)6-4-11/h3-8,10H,2,9H2,1H3. The molecule has 1 aromatic carbocycles. The van der Waals surface area contributed by atoms with Gasteiger partial charge in [-0.05, 0) is 59.3 Å². The summed E-state index contributed by atoms with van der Waals surface area (Å²) in [5, 5.41) is 0. The van der Waals surface area contributed by atoms with Crippen molar-refractivity contribution in [3.05, 3.63) is 63.0 Å². The second-order valence-electron chi connectivity index (χ2n) is 4.38. The molecule has 1 heterocycles. The molecule has 0 saturated heterocycles. The van der Waals surface area contributed by atoms with E-state index in [0.29, 0.717) is 12.2 Å². The first-order valence-electron chi connectivity index (χ1n) is 6.51. The molecule has 0 amide bonds. The number of nitrogens with zero attached hydrogens (tertiary/aromatic N) is 1. The quantitative estimate of drug-likeness (QED) is 0.443. The molecule has 5 heteroatoms. The number of halogens is 1. The monoisotopic (exact) mass is 395 g/mol. The van der Waals surface area contributed by atoms with E-state index < -0.39 is 5.97 Å². The molecule has 0 radical (unpaired) electrons. The highest BCUT2D eigenvalue weighted by atomic mass is 127. The van der Waals surface area contributed by atoms with E-state index in [9.17, 15) is 9.59 Å². The molecule has 0 unspecified atom stereocenters. The minimum absolute atomic E-state index is 0.123. The largest absolute Gasteiger partial charge is 0.462 e. The molecule has 0 N–H and O–H groups in total. The molecule has 0 bridgehead atoms. The summed E-state index contributed by atoms with van der Waals surface area (Å²) in [6, 6.07) is 10.7. The number of aromatic nitrogens is 1. The Bertz CT molecular complexity index is 653. The van der Waals surface area contributed by atoms with Crippen molar-refractivity contribution in [3.63, 3.8) is 0 Å². The van der Waals surface area contributed by atoms with Gasteiger partial charge in [0, 0.05) is 16.2 Å². The van der Waals surface area contributed by atoms with Gasteiger partial charge in [0.25, 0.3) is 0 Å². The van der Waals surface area contributed by atoms with Crippen LogP contribution < -0.4 is 0 Å². The highest BCUT2D eigenvalue weighted by molar-refractivity contribution is 14.1. The summed E-state index contributed by atoms with van der Waals surface area (Å²) in [5.41, 5.74) is 1.54. The van der Waals surface area contributed by atoms with E-state index in [1.54, 1.807) is 13.0 Å². The van der Waals surface area contributed by atoms with Gasteiger partial charge in [-0.25, -0.2) is 4.79 Å². The van der Waals surface area contributed by atoms with E-state index in [1.165, 1.54) is 12.3 Å². The molecule has 21 heavy (non-hydrogen) atoms. The fourth-order valence-corrected chi connectivity index (χ4v) is 2.16. The van der Waals surface area contributed by atoms with Crippen LogP contribution in [0.4, 0.5) is 0 Å². The molecule has 0 aliphatic heterocycles. The van der Waals surface area contributed by atoms with Crippen molar-refractivity contribution in [1.82, 2.24) is 4.98 Å². The molecule has 0 aliphatic rings. The van der Waals surface area contributed by atoms with Gasteiger partial charge in [-0.3, -0.25) is 9.78 Å². The van der Waals surface area contributed by atoms with Crippen molar-refractivity contribution < 1.29 is 14.3 Å². The maximum atomic E-state index is 12.2. The van der Waals surface area contributed by atoms with Gasteiger partial charge in [0.15, 0.2) is 5.78 Å². The minimum Gasteiger partial charge on any atom is -0.462 e. The first kappa shape index (κ1) is 15.6. The Morgan fingerprint density at radius 3 is 2.57 bits per heavy atom. The Morgan fingerprint density at radius 1 is 1.19 bits per heavy atom. The third-order valence-electron chi connectivity index (χ3n) is 2.83. The van der Waals surface area contributed by atoms with Gasteiger partial charge in [0.2, 0.25) is 0 Å². The lowest BCUT2D eigenvalue weighted by Gasteiger charge is -2.04. The normalized spacial score (nSPS) is 10.2. The predicted octanol–water partition coefficient (Wildman–Crippen LogP) is 3.29. The first-order chi connectivity index (χ1) is 10.1. The highest BCUT2D eigenvalue weighted by Crippen LogP contribution is 2.11. The van der Waals surface area contributed by atoms with Crippen LogP contribution in [-0.2, 0) is 11.2 Å². The Labute approximate surface area is 136 Å². The number of rotatable bonds is 5. The molecule has 0 saturated carbocycles. The van der Waals surface area contributed by atoms with Gasteiger partial charge in [-0.15, -0.1) is 0 Å². The van der Waals surface area contributed by atoms with Crippen LogP contribution in [0.15, 0.2) is 42.6 Å². The molecular formula is C16H14INO3. The number of Topliss-reactive ketones (excluding diaryl/α,β-unsaturated/α-hetero) is 1. The maximum Gasteiger partial charge on any atom is 0.338 e. The predicted molar refractivity (Wildman–Crippen MR) is 87.4 cm³/mol. The number of esters is 1. The molecule has 2 aromatic rings. The van der Waals surface area contributed by atoms with Crippen LogP contribution in [-0.4, -0.2) is 23.3 Å². The average molecular weight is 395 g/mol. The van der Waals surface area contributed by atoms with Crippen LogP contribution in [0.1, 0.15) is 33.3 Å². The van der Waals surface area contributed by atoms with Crippen molar-refractivity contribution in [2.45, 2.75) is 13.3 Å². The van der Waals surface area contributed by atoms with Crippen molar-refractivity contribution in [3.8, 4) is 0 Å². The number of hydrogen-bond acceptors (Lipinski definition) is 4. The Hall–Kier alpha value is -1.76. The zero-order valence-corrected chi connectivity index (χ0v) is 13.7. The van der Waals surface area contributed by atoms with Gasteiger partial charge in [0.1, 0.15) is 5.69 Å². The van der Waals surface area contributed by atoms with Crippen LogP contribution in [0.5, 0.6) is 0 Å². The fourth-order valence-electron chi connectivity index (χ4n) is 1.80. The summed E-state index contributed by atoms with van der Waals surface area (Å²) in [6.07, 6.45) is 1.71. The van der Waals surface area contributed by atoms with Gasteiger partial charge in [-0.1, -0.05) is 12.1 Å². The smallest absolute Gasteiger partial charge is 0.338 e. The van der Waals surface area contributed by atoms with E-state index in [0.717, 1.165) is 9.13 Å². The summed E-state index contributed by atoms with van der Waals surface area (Å²) >= 11 is 2.21. The lowest BCUT2D eigenvalue weighted by molar-refractivity contribution is 0.0526. The van der Waals surface area contributed by atoms with Gasteiger partial charge >= 0.3 is 5.97 Å². The SMILES string of the molecule is CCOC(=O)c1ccnc(C(=O)Cc2ccc(I)cc2)c1. The van der Waals surface area contributed by atoms with Crippen molar-refractivity contribution in [2.24, 2.45) is 0 Å². The molecule has 0 aliphatic carbocycles. The zero-order valence-electron chi connectivity index (χ0n) is 11.5. The summed E-state index contributed by atoms with van der Waals surface area (Å²) in [7, 11) is 0. The van der Waals surface area contributed by atoms with Crippen LogP contribution in [0.2, 0.25) is 0 Å². The van der Waals surface area contributed by atoms with E-state index in [-0.39, 0.29) is 17.9 Å². The van der Waals surface area contributed by atoms with Crippen LogP contribution >= 0.6 is 22.6 Å². The van der Waals surface area contributed by atoms with E-state index in [1.807, 2.05) is 24.3 Å².